The molecule has 2 amide bonds. The number of likely N-dealkylation sites (N-methyl/N-ethyl adjacent to an activating group) is 1. The van der Waals surface area contributed by atoms with Crippen LogP contribution in [0.25, 0.3) is 0 Å². The van der Waals surface area contributed by atoms with Gasteiger partial charge in [-0.2, -0.15) is 0 Å². The van der Waals surface area contributed by atoms with Crippen LogP contribution in [-0.2, 0) is 4.79 Å². The number of anilines is 3. The maximum absolute atomic E-state index is 12.5. The van der Waals surface area contributed by atoms with Crippen molar-refractivity contribution in [1.29, 1.82) is 0 Å². The van der Waals surface area contributed by atoms with Gasteiger partial charge in [-0.05, 0) is 25.2 Å². The molecule has 1 aromatic heterocycles. The van der Waals surface area contributed by atoms with E-state index in [4.69, 9.17) is 0 Å². The first-order valence-electron chi connectivity index (χ1n) is 8.46. The lowest BCUT2D eigenvalue weighted by Crippen LogP contribution is -2.47. The standard InChI is InChI=1S/C18H22N6O2/c1-13(25)21-15-4-3-5-16(10-15)22-18-19-11-14(12-20-18)17(26)24-8-6-23(2)7-9-24/h3-5,10-12H,6-9H2,1-2H3,(H,21,25)(H,19,20,22). The molecule has 0 unspecified atom stereocenters. The van der Waals surface area contributed by atoms with Crippen molar-refractivity contribution < 1.29 is 9.59 Å². The summed E-state index contributed by atoms with van der Waals surface area (Å²) in [5.74, 6) is 0.211. The Morgan fingerprint density at radius 2 is 1.69 bits per heavy atom. The third-order valence-corrected chi connectivity index (χ3v) is 4.13. The number of aromatic nitrogens is 2. The molecule has 1 fully saturated rings. The highest BCUT2D eigenvalue weighted by molar-refractivity contribution is 5.93. The Balaban J connectivity index is 1.64. The van der Waals surface area contributed by atoms with Crippen LogP contribution in [0.1, 0.15) is 17.3 Å². The van der Waals surface area contributed by atoms with E-state index >= 15 is 0 Å². The van der Waals surface area contributed by atoms with Crippen LogP contribution >= 0.6 is 0 Å². The summed E-state index contributed by atoms with van der Waals surface area (Å²) in [6, 6.07) is 7.25. The van der Waals surface area contributed by atoms with E-state index in [-0.39, 0.29) is 11.8 Å². The zero-order valence-corrected chi connectivity index (χ0v) is 14.9. The number of nitrogens with one attached hydrogen (secondary N) is 2. The minimum atomic E-state index is -0.134. The Morgan fingerprint density at radius 3 is 2.35 bits per heavy atom. The summed E-state index contributed by atoms with van der Waals surface area (Å²) in [7, 11) is 2.05. The lowest BCUT2D eigenvalue weighted by molar-refractivity contribution is -0.114. The predicted octanol–water partition coefficient (Wildman–Crippen LogP) is 1.57. The molecule has 2 aromatic rings. The van der Waals surface area contributed by atoms with Gasteiger partial charge in [0.05, 0.1) is 5.56 Å². The molecule has 0 saturated carbocycles. The number of amides is 2. The van der Waals surface area contributed by atoms with Crippen molar-refractivity contribution in [3.05, 3.63) is 42.2 Å². The predicted molar refractivity (Wildman–Crippen MR) is 99.5 cm³/mol. The van der Waals surface area contributed by atoms with E-state index < -0.39 is 0 Å². The third kappa shape index (κ3) is 4.54. The van der Waals surface area contributed by atoms with Gasteiger partial charge >= 0.3 is 0 Å². The topological polar surface area (TPSA) is 90.5 Å². The molecule has 8 nitrogen and oxygen atoms in total. The number of benzene rings is 1. The van der Waals surface area contributed by atoms with E-state index in [0.29, 0.717) is 30.3 Å². The smallest absolute Gasteiger partial charge is 0.257 e. The van der Waals surface area contributed by atoms with E-state index in [1.54, 1.807) is 12.1 Å². The summed E-state index contributed by atoms with van der Waals surface area (Å²) >= 11 is 0. The SMILES string of the molecule is CC(=O)Nc1cccc(Nc2ncc(C(=O)N3CCN(C)CC3)cn2)c1. The van der Waals surface area contributed by atoms with Gasteiger partial charge in [-0.15, -0.1) is 0 Å². The highest BCUT2D eigenvalue weighted by Gasteiger charge is 2.20. The van der Waals surface area contributed by atoms with Crippen molar-refractivity contribution in [2.45, 2.75) is 6.92 Å². The average molecular weight is 354 g/mol. The van der Waals surface area contributed by atoms with Gasteiger partial charge in [0.2, 0.25) is 11.9 Å². The fourth-order valence-electron chi connectivity index (χ4n) is 2.70. The summed E-state index contributed by atoms with van der Waals surface area (Å²) in [5.41, 5.74) is 1.91. The van der Waals surface area contributed by atoms with Crippen LogP contribution in [-0.4, -0.2) is 64.8 Å². The van der Waals surface area contributed by atoms with E-state index in [1.165, 1.54) is 19.3 Å². The maximum atomic E-state index is 12.5. The molecule has 2 heterocycles. The second-order valence-corrected chi connectivity index (χ2v) is 6.28. The molecule has 0 aliphatic carbocycles. The molecule has 1 aliphatic rings. The normalized spacial score (nSPS) is 14.8. The minimum Gasteiger partial charge on any atom is -0.336 e. The van der Waals surface area contributed by atoms with Crippen molar-refractivity contribution in [2.24, 2.45) is 0 Å². The molecule has 0 bridgehead atoms. The zero-order chi connectivity index (χ0) is 18.5. The van der Waals surface area contributed by atoms with Gasteiger partial charge in [-0.25, -0.2) is 9.97 Å². The molecule has 1 saturated heterocycles. The van der Waals surface area contributed by atoms with E-state index in [2.05, 4.69) is 25.5 Å². The van der Waals surface area contributed by atoms with E-state index in [1.807, 2.05) is 24.1 Å². The Kier molecular flexibility index (Phi) is 5.43. The molecule has 136 valence electrons. The first-order valence-corrected chi connectivity index (χ1v) is 8.46. The van der Waals surface area contributed by atoms with Crippen LogP contribution in [0.3, 0.4) is 0 Å². The van der Waals surface area contributed by atoms with Crippen LogP contribution in [0, 0.1) is 0 Å². The van der Waals surface area contributed by atoms with Gasteiger partial charge in [0.1, 0.15) is 0 Å². The molecule has 0 atom stereocenters. The zero-order valence-electron chi connectivity index (χ0n) is 14.9. The monoisotopic (exact) mass is 354 g/mol. The Bertz CT molecular complexity index is 785. The number of rotatable bonds is 4. The van der Waals surface area contributed by atoms with Crippen molar-refractivity contribution >= 4 is 29.1 Å². The second kappa shape index (κ2) is 7.92. The molecular formula is C18H22N6O2. The molecule has 8 heteroatoms. The summed E-state index contributed by atoms with van der Waals surface area (Å²) in [4.78, 5) is 36.1. The van der Waals surface area contributed by atoms with Crippen LogP contribution in [0.5, 0.6) is 0 Å². The summed E-state index contributed by atoms with van der Waals surface area (Å²) in [6.07, 6.45) is 3.07. The van der Waals surface area contributed by atoms with E-state index in [0.717, 1.165) is 18.8 Å². The first-order chi connectivity index (χ1) is 12.5. The molecule has 2 N–H and O–H groups in total. The molecular weight excluding hydrogens is 332 g/mol. The lowest BCUT2D eigenvalue weighted by Gasteiger charge is -2.32. The van der Waals surface area contributed by atoms with E-state index in [9.17, 15) is 9.59 Å². The third-order valence-electron chi connectivity index (χ3n) is 4.13. The molecule has 26 heavy (non-hydrogen) atoms. The lowest BCUT2D eigenvalue weighted by atomic mass is 10.2. The summed E-state index contributed by atoms with van der Waals surface area (Å²) in [6.45, 7) is 4.63. The second-order valence-electron chi connectivity index (χ2n) is 6.28. The molecule has 0 radical (unpaired) electrons. The largest absolute Gasteiger partial charge is 0.336 e. The highest BCUT2D eigenvalue weighted by atomic mass is 16.2. The van der Waals surface area contributed by atoms with Gasteiger partial charge in [-0.1, -0.05) is 6.07 Å². The number of piperazine rings is 1. The quantitative estimate of drug-likeness (QED) is 0.866. The highest BCUT2D eigenvalue weighted by Crippen LogP contribution is 2.18. The summed E-state index contributed by atoms with van der Waals surface area (Å²) in [5, 5.41) is 5.79. The number of carbonyl (C=O) groups is 2. The van der Waals surface area contributed by atoms with Crippen molar-refractivity contribution in [3.63, 3.8) is 0 Å². The van der Waals surface area contributed by atoms with Crippen LogP contribution in [0.2, 0.25) is 0 Å². The van der Waals surface area contributed by atoms with Crippen LogP contribution in [0.4, 0.5) is 17.3 Å². The maximum Gasteiger partial charge on any atom is 0.257 e. The number of carbonyl (C=O) groups excluding carboxylic acids is 2. The van der Waals surface area contributed by atoms with Gasteiger partial charge < -0.3 is 20.4 Å². The fraction of sp³-hybridized carbons (Fsp3) is 0.333. The summed E-state index contributed by atoms with van der Waals surface area (Å²) < 4.78 is 0. The van der Waals surface area contributed by atoms with Crippen molar-refractivity contribution in [1.82, 2.24) is 19.8 Å². The number of nitrogens with zero attached hydrogens (tertiary/aromatic N) is 4. The Morgan fingerprint density at radius 1 is 1.04 bits per heavy atom. The van der Waals surface area contributed by atoms with Crippen molar-refractivity contribution in [2.75, 3.05) is 43.9 Å². The minimum absolute atomic E-state index is 0.0442. The van der Waals surface area contributed by atoms with Crippen LogP contribution in [0.15, 0.2) is 36.7 Å². The van der Waals surface area contributed by atoms with Gasteiger partial charge in [0.25, 0.3) is 5.91 Å². The first kappa shape index (κ1) is 17.8. The van der Waals surface area contributed by atoms with Gasteiger partial charge in [0.15, 0.2) is 0 Å². The average Bonchev–Trinajstić information content (AvgIpc) is 2.62. The number of hydrogen-bond acceptors (Lipinski definition) is 6. The Labute approximate surface area is 152 Å². The molecule has 0 spiro atoms. The van der Waals surface area contributed by atoms with Gasteiger partial charge in [0, 0.05) is 56.9 Å². The van der Waals surface area contributed by atoms with Crippen molar-refractivity contribution in [3.8, 4) is 0 Å². The molecule has 1 aliphatic heterocycles. The Hall–Kier alpha value is -3.00. The molecule has 1 aromatic carbocycles. The number of hydrogen-bond donors (Lipinski definition) is 2. The van der Waals surface area contributed by atoms with Crippen LogP contribution < -0.4 is 10.6 Å². The molecule has 3 rings (SSSR count). The fourth-order valence-corrected chi connectivity index (χ4v) is 2.70. The van der Waals surface area contributed by atoms with Gasteiger partial charge in [-0.3, -0.25) is 9.59 Å².